The number of aromatic nitrogens is 1. The minimum Gasteiger partial charge on any atom is -0.320 e. The summed E-state index contributed by atoms with van der Waals surface area (Å²) in [6.45, 7) is 7.61. The van der Waals surface area contributed by atoms with Crippen LogP contribution in [-0.4, -0.2) is 10.9 Å². The molecule has 1 aromatic heterocycles. The van der Waals surface area contributed by atoms with Gasteiger partial charge in [0.15, 0.2) is 0 Å². The summed E-state index contributed by atoms with van der Waals surface area (Å²) in [6.07, 6.45) is 3.37. The van der Waals surface area contributed by atoms with Gasteiger partial charge in [-0.25, -0.2) is 0 Å². The molecule has 124 valence electrons. The van der Waals surface area contributed by atoms with E-state index in [9.17, 15) is 4.79 Å². The first-order valence-electron chi connectivity index (χ1n) is 8.15. The average Bonchev–Trinajstić information content (AvgIpc) is 2.64. The van der Waals surface area contributed by atoms with E-state index in [4.69, 9.17) is 0 Å². The van der Waals surface area contributed by atoms with Gasteiger partial charge >= 0.3 is 0 Å². The normalized spacial score (nSPS) is 10.3. The van der Waals surface area contributed by atoms with Crippen molar-refractivity contribution in [3.8, 4) is 11.1 Å². The number of carbonyl (C=O) groups excluding carboxylic acids is 1. The van der Waals surface area contributed by atoms with E-state index in [0.29, 0.717) is 5.69 Å². The Hall–Kier alpha value is -3.20. The van der Waals surface area contributed by atoms with E-state index in [0.717, 1.165) is 33.5 Å². The molecule has 0 unspecified atom stereocenters. The fourth-order valence-electron chi connectivity index (χ4n) is 2.83. The van der Waals surface area contributed by atoms with E-state index in [1.807, 2.05) is 50.2 Å². The number of pyridine rings is 1. The first kappa shape index (κ1) is 16.7. The Balaban J connectivity index is 1.91. The smallest absolute Gasteiger partial charge is 0.274 e. The molecule has 0 aliphatic carbocycles. The van der Waals surface area contributed by atoms with Gasteiger partial charge in [0.1, 0.15) is 5.69 Å². The molecule has 0 bridgehead atoms. The molecule has 3 heteroatoms. The van der Waals surface area contributed by atoms with Gasteiger partial charge in [-0.05, 0) is 53.8 Å². The monoisotopic (exact) mass is 328 g/mol. The molecule has 0 saturated heterocycles. The summed E-state index contributed by atoms with van der Waals surface area (Å²) in [4.78, 5) is 16.9. The third-order valence-electron chi connectivity index (χ3n) is 4.22. The van der Waals surface area contributed by atoms with Crippen LogP contribution in [0.4, 0.5) is 5.69 Å². The molecular weight excluding hydrogens is 308 g/mol. The van der Waals surface area contributed by atoms with Gasteiger partial charge in [0, 0.05) is 11.9 Å². The van der Waals surface area contributed by atoms with Crippen molar-refractivity contribution in [2.45, 2.75) is 13.8 Å². The quantitative estimate of drug-likeness (QED) is 0.709. The molecule has 3 rings (SSSR count). The molecule has 0 atom stereocenters. The largest absolute Gasteiger partial charge is 0.320 e. The van der Waals surface area contributed by atoms with Gasteiger partial charge in [-0.1, -0.05) is 55.1 Å². The van der Waals surface area contributed by atoms with Gasteiger partial charge in [-0.15, -0.1) is 0 Å². The molecule has 0 spiro atoms. The van der Waals surface area contributed by atoms with Crippen LogP contribution >= 0.6 is 0 Å². The van der Waals surface area contributed by atoms with E-state index < -0.39 is 0 Å². The van der Waals surface area contributed by atoms with E-state index in [2.05, 4.69) is 35.1 Å². The van der Waals surface area contributed by atoms with Crippen molar-refractivity contribution in [2.24, 2.45) is 0 Å². The van der Waals surface area contributed by atoms with Crippen molar-refractivity contribution in [2.75, 3.05) is 5.32 Å². The number of benzene rings is 2. The topological polar surface area (TPSA) is 42.0 Å². The zero-order chi connectivity index (χ0) is 17.8. The number of hydrogen-bond acceptors (Lipinski definition) is 2. The SMILES string of the molecule is C=Cc1cnc(C(=O)Nc2cccc(-c3ccccc3)c2C)c(C)c1. The Bertz CT molecular complexity index is 930. The number of rotatable bonds is 4. The van der Waals surface area contributed by atoms with Crippen molar-refractivity contribution in [3.05, 3.63) is 89.8 Å². The Labute approximate surface area is 148 Å². The van der Waals surface area contributed by atoms with Gasteiger partial charge in [0.2, 0.25) is 0 Å². The molecule has 0 radical (unpaired) electrons. The summed E-state index contributed by atoms with van der Waals surface area (Å²) in [5.41, 5.74) is 6.20. The van der Waals surface area contributed by atoms with E-state index in [1.165, 1.54) is 0 Å². The van der Waals surface area contributed by atoms with Gasteiger partial charge < -0.3 is 5.32 Å². The summed E-state index contributed by atoms with van der Waals surface area (Å²) < 4.78 is 0. The molecular formula is C22H20N2O. The molecule has 1 N–H and O–H groups in total. The van der Waals surface area contributed by atoms with Crippen molar-refractivity contribution >= 4 is 17.7 Å². The van der Waals surface area contributed by atoms with Crippen LogP contribution in [0.1, 0.15) is 27.2 Å². The van der Waals surface area contributed by atoms with Crippen LogP contribution < -0.4 is 5.32 Å². The van der Waals surface area contributed by atoms with Crippen molar-refractivity contribution in [1.29, 1.82) is 0 Å². The Morgan fingerprint density at radius 1 is 1.08 bits per heavy atom. The molecule has 0 aliphatic rings. The maximum absolute atomic E-state index is 12.6. The minimum absolute atomic E-state index is 0.207. The van der Waals surface area contributed by atoms with E-state index >= 15 is 0 Å². The predicted octanol–water partition coefficient (Wildman–Crippen LogP) is 5.26. The van der Waals surface area contributed by atoms with Crippen LogP contribution in [0.3, 0.4) is 0 Å². The lowest BCUT2D eigenvalue weighted by atomic mass is 9.99. The lowest BCUT2D eigenvalue weighted by Crippen LogP contribution is -2.16. The number of nitrogens with zero attached hydrogens (tertiary/aromatic N) is 1. The van der Waals surface area contributed by atoms with Crippen LogP contribution in [0.5, 0.6) is 0 Å². The number of hydrogen-bond donors (Lipinski definition) is 1. The summed E-state index contributed by atoms with van der Waals surface area (Å²) in [5, 5.41) is 2.99. The molecule has 1 heterocycles. The van der Waals surface area contributed by atoms with Crippen molar-refractivity contribution < 1.29 is 4.79 Å². The zero-order valence-corrected chi connectivity index (χ0v) is 14.4. The van der Waals surface area contributed by atoms with E-state index in [1.54, 1.807) is 12.3 Å². The van der Waals surface area contributed by atoms with Gasteiger partial charge in [-0.3, -0.25) is 9.78 Å². The summed E-state index contributed by atoms with van der Waals surface area (Å²) in [6, 6.07) is 18.0. The maximum atomic E-state index is 12.6. The number of anilines is 1. The standard InChI is InChI=1S/C22H20N2O/c1-4-17-13-15(2)21(23-14-17)22(25)24-20-12-8-11-19(16(20)3)18-9-6-5-7-10-18/h4-14H,1H2,2-3H3,(H,24,25). The molecule has 0 saturated carbocycles. The van der Waals surface area contributed by atoms with Gasteiger partial charge in [-0.2, -0.15) is 0 Å². The Morgan fingerprint density at radius 2 is 1.84 bits per heavy atom. The second kappa shape index (κ2) is 7.14. The molecule has 2 aromatic carbocycles. The number of amides is 1. The molecule has 25 heavy (non-hydrogen) atoms. The summed E-state index contributed by atoms with van der Waals surface area (Å²) in [5.74, 6) is -0.207. The molecule has 1 amide bonds. The maximum Gasteiger partial charge on any atom is 0.274 e. The Morgan fingerprint density at radius 3 is 2.52 bits per heavy atom. The third kappa shape index (κ3) is 3.50. The zero-order valence-electron chi connectivity index (χ0n) is 14.4. The fraction of sp³-hybridized carbons (Fsp3) is 0.0909. The predicted molar refractivity (Wildman–Crippen MR) is 104 cm³/mol. The summed E-state index contributed by atoms with van der Waals surface area (Å²) in [7, 11) is 0. The average molecular weight is 328 g/mol. The molecule has 0 fully saturated rings. The van der Waals surface area contributed by atoms with Crippen LogP contribution in [0, 0.1) is 13.8 Å². The van der Waals surface area contributed by atoms with Crippen molar-refractivity contribution in [1.82, 2.24) is 4.98 Å². The fourth-order valence-corrected chi connectivity index (χ4v) is 2.83. The Kier molecular flexibility index (Phi) is 4.75. The highest BCUT2D eigenvalue weighted by atomic mass is 16.1. The first-order chi connectivity index (χ1) is 12.1. The van der Waals surface area contributed by atoms with Crippen molar-refractivity contribution in [3.63, 3.8) is 0 Å². The molecule has 3 nitrogen and oxygen atoms in total. The highest BCUT2D eigenvalue weighted by molar-refractivity contribution is 6.04. The highest BCUT2D eigenvalue weighted by Gasteiger charge is 2.14. The minimum atomic E-state index is -0.207. The summed E-state index contributed by atoms with van der Waals surface area (Å²) >= 11 is 0. The second-order valence-electron chi connectivity index (χ2n) is 5.94. The lowest BCUT2D eigenvalue weighted by Gasteiger charge is -2.13. The van der Waals surface area contributed by atoms with Crippen LogP contribution in [0.15, 0.2) is 67.4 Å². The number of carbonyl (C=O) groups is 1. The van der Waals surface area contributed by atoms with Crippen LogP contribution in [0.2, 0.25) is 0 Å². The molecule has 3 aromatic rings. The number of aryl methyl sites for hydroxylation is 1. The second-order valence-corrected chi connectivity index (χ2v) is 5.94. The first-order valence-corrected chi connectivity index (χ1v) is 8.15. The van der Waals surface area contributed by atoms with Gasteiger partial charge in [0.05, 0.1) is 0 Å². The third-order valence-corrected chi connectivity index (χ3v) is 4.22. The lowest BCUT2D eigenvalue weighted by molar-refractivity contribution is 0.102. The number of nitrogens with one attached hydrogen (secondary N) is 1. The van der Waals surface area contributed by atoms with Crippen LogP contribution in [0.25, 0.3) is 17.2 Å². The van der Waals surface area contributed by atoms with Gasteiger partial charge in [0.25, 0.3) is 5.91 Å². The van der Waals surface area contributed by atoms with Crippen LogP contribution in [-0.2, 0) is 0 Å². The van der Waals surface area contributed by atoms with E-state index in [-0.39, 0.29) is 5.91 Å². The highest BCUT2D eigenvalue weighted by Crippen LogP contribution is 2.28. The molecule has 0 aliphatic heterocycles.